The van der Waals surface area contributed by atoms with Crippen LogP contribution in [0.5, 0.6) is 0 Å². The summed E-state index contributed by atoms with van der Waals surface area (Å²) in [6, 6.07) is 19.8. The summed E-state index contributed by atoms with van der Waals surface area (Å²) in [5.41, 5.74) is 2.95. The number of benzene rings is 2. The van der Waals surface area contributed by atoms with Crippen molar-refractivity contribution in [3.05, 3.63) is 71.8 Å². The Morgan fingerprint density at radius 3 is 2.26 bits per heavy atom. The third kappa shape index (κ3) is 2.85. The van der Waals surface area contributed by atoms with Gasteiger partial charge in [-0.2, -0.15) is 0 Å². The zero-order chi connectivity index (χ0) is 18.9. The molecular formula is C23H23NO3. The number of esters is 1. The first-order valence-electron chi connectivity index (χ1n) is 9.42. The van der Waals surface area contributed by atoms with Gasteiger partial charge in [0.25, 0.3) is 5.91 Å². The number of amides is 1. The summed E-state index contributed by atoms with van der Waals surface area (Å²) in [6.07, 6.45) is 2.90. The molecule has 4 nitrogen and oxygen atoms in total. The number of piperidine rings is 1. The average Bonchev–Trinajstić information content (AvgIpc) is 2.98. The number of nitrogens with zero attached hydrogens (tertiary/aromatic N) is 1. The molecule has 0 aliphatic carbocycles. The summed E-state index contributed by atoms with van der Waals surface area (Å²) < 4.78 is 5.02. The minimum absolute atomic E-state index is 0.0173. The fourth-order valence-electron chi connectivity index (χ4n) is 4.54. The van der Waals surface area contributed by atoms with Crippen LogP contribution in [0.2, 0.25) is 0 Å². The van der Waals surface area contributed by atoms with E-state index in [4.69, 9.17) is 4.74 Å². The summed E-state index contributed by atoms with van der Waals surface area (Å²) in [6.45, 7) is 0.669. The highest BCUT2D eigenvalue weighted by Crippen LogP contribution is 2.52. The van der Waals surface area contributed by atoms with Crippen LogP contribution in [0.3, 0.4) is 0 Å². The minimum Gasteiger partial charge on any atom is -0.469 e. The molecule has 0 saturated carbocycles. The Morgan fingerprint density at radius 2 is 1.63 bits per heavy atom. The fraction of sp³-hybridized carbons (Fsp3) is 0.304. The van der Waals surface area contributed by atoms with Crippen molar-refractivity contribution in [2.24, 2.45) is 0 Å². The third-order valence-electron chi connectivity index (χ3n) is 5.70. The lowest BCUT2D eigenvalue weighted by molar-refractivity contribution is -0.144. The second-order valence-corrected chi connectivity index (χ2v) is 7.18. The van der Waals surface area contributed by atoms with Crippen molar-refractivity contribution in [3.63, 3.8) is 0 Å². The lowest BCUT2D eigenvalue weighted by Gasteiger charge is -2.44. The zero-order valence-corrected chi connectivity index (χ0v) is 15.5. The maximum absolute atomic E-state index is 13.5. The number of ether oxygens (including phenoxy) is 1. The zero-order valence-electron chi connectivity index (χ0n) is 15.5. The predicted octanol–water partition coefficient (Wildman–Crippen LogP) is 3.93. The average molecular weight is 361 g/mol. The molecule has 4 rings (SSSR count). The maximum Gasteiger partial charge on any atom is 0.308 e. The maximum atomic E-state index is 13.5. The van der Waals surface area contributed by atoms with Crippen LogP contribution >= 0.6 is 0 Å². The molecule has 2 aliphatic heterocycles. The topological polar surface area (TPSA) is 46.6 Å². The Bertz CT molecular complexity index is 888. The fourth-order valence-corrected chi connectivity index (χ4v) is 4.54. The van der Waals surface area contributed by atoms with E-state index in [1.165, 1.54) is 7.11 Å². The largest absolute Gasteiger partial charge is 0.469 e. The van der Waals surface area contributed by atoms with E-state index in [1.54, 1.807) is 0 Å². The second kappa shape index (κ2) is 7.03. The molecule has 1 amide bonds. The van der Waals surface area contributed by atoms with Crippen molar-refractivity contribution in [1.29, 1.82) is 0 Å². The lowest BCUT2D eigenvalue weighted by atomic mass is 9.75. The molecule has 4 heteroatoms. The Morgan fingerprint density at radius 1 is 1.00 bits per heavy atom. The highest BCUT2D eigenvalue weighted by atomic mass is 16.5. The van der Waals surface area contributed by atoms with Gasteiger partial charge in [0.05, 0.1) is 24.6 Å². The Balaban J connectivity index is 1.99. The molecule has 2 aromatic carbocycles. The summed E-state index contributed by atoms with van der Waals surface area (Å²) in [5, 5.41) is 0. The molecule has 0 N–H and O–H groups in total. The summed E-state index contributed by atoms with van der Waals surface area (Å²) in [7, 11) is 1.41. The highest BCUT2D eigenvalue weighted by molar-refractivity contribution is 6.32. The van der Waals surface area contributed by atoms with Crippen molar-refractivity contribution >= 4 is 23.0 Å². The van der Waals surface area contributed by atoms with Gasteiger partial charge in [0.1, 0.15) is 0 Å². The molecule has 0 bridgehead atoms. The lowest BCUT2D eigenvalue weighted by Crippen LogP contribution is -2.52. The SMILES string of the molecule is COC(=O)CC12CCCCN1C(=O)C(c1ccccc1)=C2c1ccccc1. The number of hydrogen-bond donors (Lipinski definition) is 0. The molecule has 1 fully saturated rings. The quantitative estimate of drug-likeness (QED) is 0.776. The molecule has 1 saturated heterocycles. The van der Waals surface area contributed by atoms with Crippen molar-refractivity contribution in [1.82, 2.24) is 4.90 Å². The second-order valence-electron chi connectivity index (χ2n) is 7.18. The molecule has 138 valence electrons. The molecule has 2 aromatic rings. The number of carbonyl (C=O) groups is 2. The molecule has 2 aliphatic rings. The van der Waals surface area contributed by atoms with Gasteiger partial charge in [0.15, 0.2) is 0 Å². The van der Waals surface area contributed by atoms with E-state index < -0.39 is 5.54 Å². The molecule has 0 spiro atoms. The van der Waals surface area contributed by atoms with Gasteiger partial charge in [-0.05, 0) is 36.0 Å². The standard InChI is InChI=1S/C23H23NO3/c1-27-19(25)16-23-14-8-9-15-24(23)22(26)20(17-10-4-2-5-11-17)21(23)18-12-6-3-7-13-18/h2-7,10-13H,8-9,14-16H2,1H3. The molecule has 27 heavy (non-hydrogen) atoms. The van der Waals surface area contributed by atoms with Gasteiger partial charge in [0.2, 0.25) is 0 Å². The Labute approximate surface area is 159 Å². The van der Waals surface area contributed by atoms with Crippen LogP contribution < -0.4 is 0 Å². The van der Waals surface area contributed by atoms with E-state index in [0.29, 0.717) is 12.1 Å². The molecule has 2 heterocycles. The van der Waals surface area contributed by atoms with Crippen LogP contribution in [0.25, 0.3) is 11.1 Å². The first-order valence-corrected chi connectivity index (χ1v) is 9.42. The number of fused-ring (bicyclic) bond motifs is 1. The van der Waals surface area contributed by atoms with Gasteiger partial charge >= 0.3 is 5.97 Å². The number of rotatable bonds is 4. The smallest absolute Gasteiger partial charge is 0.308 e. The predicted molar refractivity (Wildman–Crippen MR) is 105 cm³/mol. The van der Waals surface area contributed by atoms with Crippen LogP contribution in [-0.2, 0) is 14.3 Å². The number of methoxy groups -OCH3 is 1. The van der Waals surface area contributed by atoms with Crippen molar-refractivity contribution in [2.75, 3.05) is 13.7 Å². The molecule has 1 unspecified atom stereocenters. The molecule has 1 atom stereocenters. The van der Waals surface area contributed by atoms with Gasteiger partial charge in [-0.3, -0.25) is 9.59 Å². The normalized spacial score (nSPS) is 22.0. The first-order chi connectivity index (χ1) is 13.2. The highest BCUT2D eigenvalue weighted by Gasteiger charge is 2.53. The van der Waals surface area contributed by atoms with E-state index in [2.05, 4.69) is 0 Å². The van der Waals surface area contributed by atoms with Crippen LogP contribution in [0.1, 0.15) is 36.8 Å². The van der Waals surface area contributed by atoms with Gasteiger partial charge in [-0.15, -0.1) is 0 Å². The van der Waals surface area contributed by atoms with E-state index in [9.17, 15) is 9.59 Å². The summed E-state index contributed by atoms with van der Waals surface area (Å²) in [5.74, 6) is -0.263. The molecule has 0 aromatic heterocycles. The van der Waals surface area contributed by atoms with Crippen molar-refractivity contribution in [2.45, 2.75) is 31.2 Å². The Kier molecular flexibility index (Phi) is 4.56. The summed E-state index contributed by atoms with van der Waals surface area (Å²) in [4.78, 5) is 27.8. The van der Waals surface area contributed by atoms with Gasteiger partial charge < -0.3 is 9.64 Å². The number of carbonyl (C=O) groups excluding carboxylic acids is 2. The van der Waals surface area contributed by atoms with Crippen LogP contribution in [-0.4, -0.2) is 36.0 Å². The van der Waals surface area contributed by atoms with Crippen LogP contribution in [0.15, 0.2) is 60.7 Å². The number of hydrogen-bond acceptors (Lipinski definition) is 3. The van der Waals surface area contributed by atoms with Gasteiger partial charge in [0, 0.05) is 6.54 Å². The van der Waals surface area contributed by atoms with E-state index in [0.717, 1.165) is 36.0 Å². The monoisotopic (exact) mass is 361 g/mol. The van der Waals surface area contributed by atoms with Crippen molar-refractivity contribution in [3.8, 4) is 0 Å². The van der Waals surface area contributed by atoms with Gasteiger partial charge in [-0.25, -0.2) is 0 Å². The van der Waals surface area contributed by atoms with E-state index in [-0.39, 0.29) is 18.3 Å². The molecular weight excluding hydrogens is 338 g/mol. The molecule has 0 radical (unpaired) electrons. The van der Waals surface area contributed by atoms with Gasteiger partial charge in [-0.1, -0.05) is 60.7 Å². The minimum atomic E-state index is -0.630. The van der Waals surface area contributed by atoms with Crippen LogP contribution in [0.4, 0.5) is 0 Å². The third-order valence-corrected chi connectivity index (χ3v) is 5.70. The van der Waals surface area contributed by atoms with Crippen molar-refractivity contribution < 1.29 is 14.3 Å². The van der Waals surface area contributed by atoms with Crippen LogP contribution in [0, 0.1) is 0 Å². The first kappa shape index (κ1) is 17.5. The Hall–Kier alpha value is -2.88. The summed E-state index contributed by atoms with van der Waals surface area (Å²) >= 11 is 0. The van der Waals surface area contributed by atoms with E-state index in [1.807, 2.05) is 65.6 Å². The van der Waals surface area contributed by atoms with E-state index >= 15 is 0 Å².